The Morgan fingerprint density at radius 2 is 2.10 bits per heavy atom. The maximum absolute atomic E-state index is 5.99. The first kappa shape index (κ1) is 13.6. The molecule has 1 N–H and O–H groups in total. The zero-order chi connectivity index (χ0) is 14.2. The minimum absolute atomic E-state index is 0.486. The predicted octanol–water partition coefficient (Wildman–Crippen LogP) is 4.31. The number of fused-ring (bicyclic) bond motifs is 2. The van der Waals surface area contributed by atoms with Gasteiger partial charge in [-0.1, -0.05) is 25.5 Å². The topological polar surface area (TPSA) is 21.3 Å². The maximum atomic E-state index is 5.99. The number of hydrogen-bond donors (Lipinski definition) is 1. The van der Waals surface area contributed by atoms with Crippen molar-refractivity contribution in [2.24, 2.45) is 17.8 Å². The molecule has 3 aliphatic rings. The summed E-state index contributed by atoms with van der Waals surface area (Å²) in [5.41, 5.74) is 1.44. The normalized spacial score (nSPS) is 32.3. The number of rotatable bonds is 6. The van der Waals surface area contributed by atoms with E-state index in [1.807, 2.05) is 0 Å². The third kappa shape index (κ3) is 2.83. The average Bonchev–Trinajstić information content (AvgIpc) is 3.07. The van der Waals surface area contributed by atoms with Crippen LogP contribution in [-0.4, -0.2) is 12.6 Å². The lowest BCUT2D eigenvalue weighted by Crippen LogP contribution is -2.31. The van der Waals surface area contributed by atoms with Gasteiger partial charge < -0.3 is 10.1 Å². The molecule has 2 nitrogen and oxygen atoms in total. The minimum Gasteiger partial charge on any atom is -0.490 e. The fourth-order valence-electron chi connectivity index (χ4n) is 4.60. The van der Waals surface area contributed by atoms with Crippen LogP contribution in [0.15, 0.2) is 24.3 Å². The van der Waals surface area contributed by atoms with Gasteiger partial charge in [0.25, 0.3) is 0 Å². The lowest BCUT2D eigenvalue weighted by molar-refractivity contribution is 0.251. The summed E-state index contributed by atoms with van der Waals surface area (Å²) in [6.07, 6.45) is 8.78. The average molecular weight is 285 g/mol. The van der Waals surface area contributed by atoms with Crippen molar-refractivity contribution in [1.82, 2.24) is 5.32 Å². The number of nitrogens with one attached hydrogen (secondary N) is 1. The molecular weight excluding hydrogens is 258 g/mol. The van der Waals surface area contributed by atoms with Gasteiger partial charge in [-0.2, -0.15) is 0 Å². The van der Waals surface area contributed by atoms with Gasteiger partial charge in [0.15, 0.2) is 0 Å². The van der Waals surface area contributed by atoms with Crippen molar-refractivity contribution in [3.05, 3.63) is 29.8 Å². The van der Waals surface area contributed by atoms with Gasteiger partial charge in [0, 0.05) is 6.04 Å². The molecule has 3 saturated carbocycles. The molecule has 4 atom stereocenters. The zero-order valence-electron chi connectivity index (χ0n) is 13.1. The first-order valence-electron chi connectivity index (χ1n) is 8.83. The van der Waals surface area contributed by atoms with E-state index in [-0.39, 0.29) is 0 Å². The molecule has 3 fully saturated rings. The molecule has 0 spiro atoms. The minimum atomic E-state index is 0.486. The van der Waals surface area contributed by atoms with Crippen LogP contribution in [0.3, 0.4) is 0 Å². The molecular formula is C19H27NO. The van der Waals surface area contributed by atoms with Gasteiger partial charge in [0.1, 0.15) is 5.75 Å². The third-order valence-corrected chi connectivity index (χ3v) is 5.69. The van der Waals surface area contributed by atoms with Crippen LogP contribution in [0.1, 0.15) is 57.1 Å². The van der Waals surface area contributed by atoms with Gasteiger partial charge in [-0.05, 0) is 74.1 Å². The van der Waals surface area contributed by atoms with Crippen LogP contribution in [0.5, 0.6) is 5.75 Å². The van der Waals surface area contributed by atoms with E-state index in [9.17, 15) is 0 Å². The molecule has 1 aromatic carbocycles. The Labute approximate surface area is 128 Å². The van der Waals surface area contributed by atoms with Crippen molar-refractivity contribution in [2.75, 3.05) is 6.54 Å². The Bertz CT molecular complexity index is 496. The van der Waals surface area contributed by atoms with Gasteiger partial charge in [-0.3, -0.25) is 0 Å². The monoisotopic (exact) mass is 285 g/mol. The first-order chi connectivity index (χ1) is 10.3. The van der Waals surface area contributed by atoms with E-state index < -0.39 is 0 Å². The van der Waals surface area contributed by atoms with Crippen molar-refractivity contribution < 1.29 is 4.74 Å². The zero-order valence-corrected chi connectivity index (χ0v) is 13.1. The standard InChI is InChI=1S/C19H27NO/c1-2-20-19(18-11-13-6-7-14(18)10-13)15-4-3-5-17(12-15)21-16-8-9-16/h3-5,12-14,16,18-20H,2,6-11H2,1H3. The van der Waals surface area contributed by atoms with E-state index in [1.165, 1.54) is 44.1 Å². The Morgan fingerprint density at radius 3 is 2.76 bits per heavy atom. The van der Waals surface area contributed by atoms with E-state index in [4.69, 9.17) is 4.74 Å². The van der Waals surface area contributed by atoms with Gasteiger partial charge >= 0.3 is 0 Å². The van der Waals surface area contributed by atoms with Crippen LogP contribution >= 0.6 is 0 Å². The second kappa shape index (κ2) is 5.64. The van der Waals surface area contributed by atoms with Crippen LogP contribution in [-0.2, 0) is 0 Å². The smallest absolute Gasteiger partial charge is 0.120 e. The molecule has 0 aliphatic heterocycles. The highest BCUT2D eigenvalue weighted by Gasteiger charge is 2.43. The van der Waals surface area contributed by atoms with Crippen LogP contribution in [0.4, 0.5) is 0 Å². The molecule has 0 saturated heterocycles. The molecule has 0 aromatic heterocycles. The van der Waals surface area contributed by atoms with Crippen LogP contribution in [0.2, 0.25) is 0 Å². The van der Waals surface area contributed by atoms with Crippen molar-refractivity contribution in [2.45, 2.75) is 57.6 Å². The highest BCUT2D eigenvalue weighted by atomic mass is 16.5. The van der Waals surface area contributed by atoms with E-state index in [2.05, 4.69) is 36.5 Å². The van der Waals surface area contributed by atoms with E-state index in [0.29, 0.717) is 12.1 Å². The lowest BCUT2D eigenvalue weighted by atomic mass is 9.80. The summed E-state index contributed by atoms with van der Waals surface area (Å²) in [7, 11) is 0. The van der Waals surface area contributed by atoms with Gasteiger partial charge in [0.05, 0.1) is 6.10 Å². The Hall–Kier alpha value is -1.02. The summed E-state index contributed by atoms with van der Waals surface area (Å²) in [6.45, 7) is 3.27. The third-order valence-electron chi connectivity index (χ3n) is 5.69. The Kier molecular flexibility index (Phi) is 3.66. The van der Waals surface area contributed by atoms with Crippen molar-refractivity contribution in [3.63, 3.8) is 0 Å². The van der Waals surface area contributed by atoms with Crippen molar-refractivity contribution in [3.8, 4) is 5.75 Å². The highest BCUT2D eigenvalue weighted by Crippen LogP contribution is 2.52. The number of benzene rings is 1. The Balaban J connectivity index is 1.55. The second-order valence-electron chi connectivity index (χ2n) is 7.26. The molecule has 1 aromatic rings. The largest absolute Gasteiger partial charge is 0.490 e. The highest BCUT2D eigenvalue weighted by molar-refractivity contribution is 5.32. The maximum Gasteiger partial charge on any atom is 0.120 e. The lowest BCUT2D eigenvalue weighted by Gasteiger charge is -2.31. The van der Waals surface area contributed by atoms with Crippen LogP contribution in [0.25, 0.3) is 0 Å². The fraction of sp³-hybridized carbons (Fsp3) is 0.684. The molecule has 3 aliphatic carbocycles. The molecule has 21 heavy (non-hydrogen) atoms. The fourth-order valence-corrected chi connectivity index (χ4v) is 4.60. The Morgan fingerprint density at radius 1 is 1.19 bits per heavy atom. The van der Waals surface area contributed by atoms with Crippen LogP contribution < -0.4 is 10.1 Å². The second-order valence-corrected chi connectivity index (χ2v) is 7.26. The number of ether oxygens (including phenoxy) is 1. The summed E-state index contributed by atoms with van der Waals surface area (Å²) in [4.78, 5) is 0. The molecule has 4 unspecified atom stereocenters. The molecule has 114 valence electrons. The molecule has 2 heteroatoms. The summed E-state index contributed by atoms with van der Waals surface area (Å²) in [6, 6.07) is 9.39. The summed E-state index contributed by atoms with van der Waals surface area (Å²) < 4.78 is 5.99. The predicted molar refractivity (Wildman–Crippen MR) is 85.4 cm³/mol. The van der Waals surface area contributed by atoms with Crippen molar-refractivity contribution in [1.29, 1.82) is 0 Å². The van der Waals surface area contributed by atoms with E-state index >= 15 is 0 Å². The van der Waals surface area contributed by atoms with Gasteiger partial charge in [-0.25, -0.2) is 0 Å². The van der Waals surface area contributed by atoms with E-state index in [1.54, 1.807) is 0 Å². The van der Waals surface area contributed by atoms with Crippen LogP contribution in [0, 0.1) is 17.8 Å². The summed E-state index contributed by atoms with van der Waals surface area (Å²) in [5, 5.41) is 3.77. The first-order valence-corrected chi connectivity index (χ1v) is 8.83. The molecule has 0 radical (unpaired) electrons. The molecule has 4 rings (SSSR count). The van der Waals surface area contributed by atoms with Gasteiger partial charge in [0.2, 0.25) is 0 Å². The number of hydrogen-bond acceptors (Lipinski definition) is 2. The van der Waals surface area contributed by atoms with Crippen molar-refractivity contribution >= 4 is 0 Å². The molecule has 0 heterocycles. The quantitative estimate of drug-likeness (QED) is 0.840. The van der Waals surface area contributed by atoms with Gasteiger partial charge in [-0.15, -0.1) is 0 Å². The molecule has 0 amide bonds. The summed E-state index contributed by atoms with van der Waals surface area (Å²) >= 11 is 0. The van der Waals surface area contributed by atoms with E-state index in [0.717, 1.165) is 30.0 Å². The SMILES string of the molecule is CCNC(c1cccc(OC2CC2)c1)C1CC2CCC1C2. The summed E-state index contributed by atoms with van der Waals surface area (Å²) in [5.74, 6) is 3.86. The molecule has 2 bridgehead atoms.